The first kappa shape index (κ1) is 16.0. The van der Waals surface area contributed by atoms with E-state index in [1.165, 1.54) is 0 Å². The highest BCUT2D eigenvalue weighted by atomic mass is 16.5. The van der Waals surface area contributed by atoms with Crippen molar-refractivity contribution in [3.8, 4) is 0 Å². The fraction of sp³-hybridized carbons (Fsp3) is 0.917. The highest BCUT2D eigenvalue weighted by molar-refractivity contribution is 4.89. The van der Waals surface area contributed by atoms with Gasteiger partial charge in [-0.3, -0.25) is 0 Å². The molecule has 1 rings (SSSR count). The summed E-state index contributed by atoms with van der Waals surface area (Å²) in [6.45, 7) is 9.79. The summed E-state index contributed by atoms with van der Waals surface area (Å²) >= 11 is 0. The fourth-order valence-corrected chi connectivity index (χ4v) is 1.58. The molecule has 7 nitrogen and oxygen atoms in total. The van der Waals surface area contributed by atoms with E-state index in [9.17, 15) is 0 Å². The van der Waals surface area contributed by atoms with Gasteiger partial charge in [0.2, 0.25) is 0 Å². The largest absolute Gasteiger partial charge is 0.382 e. The van der Waals surface area contributed by atoms with Crippen molar-refractivity contribution in [2.24, 2.45) is 5.92 Å². The first-order valence-electron chi connectivity index (χ1n) is 6.71. The molecule has 0 aromatic carbocycles. The van der Waals surface area contributed by atoms with Crippen LogP contribution in [0.3, 0.4) is 0 Å². The lowest BCUT2D eigenvalue weighted by Crippen LogP contribution is -2.26. The first-order valence-corrected chi connectivity index (χ1v) is 6.71. The Morgan fingerprint density at radius 3 is 2.68 bits per heavy atom. The van der Waals surface area contributed by atoms with Crippen LogP contribution in [0, 0.1) is 5.92 Å². The molecule has 1 aromatic heterocycles. The molecule has 7 heteroatoms. The summed E-state index contributed by atoms with van der Waals surface area (Å²) in [5, 5.41) is 15.2. The van der Waals surface area contributed by atoms with Crippen LogP contribution in [0.4, 0.5) is 0 Å². The number of tetrazole rings is 1. The van der Waals surface area contributed by atoms with Crippen LogP contribution in [0.1, 0.15) is 32.6 Å². The van der Waals surface area contributed by atoms with Crippen LogP contribution in [-0.2, 0) is 16.0 Å². The van der Waals surface area contributed by atoms with E-state index < -0.39 is 0 Å². The molecule has 1 atom stereocenters. The van der Waals surface area contributed by atoms with Crippen molar-refractivity contribution in [2.45, 2.75) is 33.4 Å². The minimum absolute atomic E-state index is 0.136. The molecule has 0 aliphatic heterocycles. The molecule has 0 saturated heterocycles. The summed E-state index contributed by atoms with van der Waals surface area (Å²) < 4.78 is 12.1. The van der Waals surface area contributed by atoms with Crippen molar-refractivity contribution in [1.29, 1.82) is 0 Å². The highest BCUT2D eigenvalue weighted by Crippen LogP contribution is 2.07. The highest BCUT2D eigenvalue weighted by Gasteiger charge is 2.14. The van der Waals surface area contributed by atoms with Crippen LogP contribution in [-0.4, -0.2) is 53.7 Å². The van der Waals surface area contributed by atoms with Crippen molar-refractivity contribution < 1.29 is 9.47 Å². The molecular weight excluding hydrogens is 246 g/mol. The van der Waals surface area contributed by atoms with Gasteiger partial charge in [-0.2, -0.15) is 0 Å². The Labute approximate surface area is 114 Å². The van der Waals surface area contributed by atoms with Crippen LogP contribution in [0.25, 0.3) is 0 Å². The van der Waals surface area contributed by atoms with Gasteiger partial charge in [0.05, 0.1) is 32.4 Å². The first-order chi connectivity index (χ1) is 9.15. The fourth-order valence-electron chi connectivity index (χ4n) is 1.58. The van der Waals surface area contributed by atoms with E-state index in [0.29, 0.717) is 32.3 Å². The van der Waals surface area contributed by atoms with E-state index in [-0.39, 0.29) is 6.04 Å². The summed E-state index contributed by atoms with van der Waals surface area (Å²) in [4.78, 5) is 0. The van der Waals surface area contributed by atoms with Gasteiger partial charge in [0, 0.05) is 7.11 Å². The van der Waals surface area contributed by atoms with Gasteiger partial charge < -0.3 is 14.8 Å². The normalized spacial score (nSPS) is 13.1. The average Bonchev–Trinajstić information content (AvgIpc) is 2.84. The van der Waals surface area contributed by atoms with E-state index in [4.69, 9.17) is 9.47 Å². The molecular formula is C12H25N5O2. The molecule has 0 spiro atoms. The average molecular weight is 271 g/mol. The Bertz CT molecular complexity index is 343. The van der Waals surface area contributed by atoms with Crippen LogP contribution in [0.2, 0.25) is 0 Å². The van der Waals surface area contributed by atoms with Gasteiger partial charge in [0.15, 0.2) is 5.82 Å². The van der Waals surface area contributed by atoms with Crippen LogP contribution in [0.15, 0.2) is 0 Å². The Hall–Kier alpha value is -1.05. The summed E-state index contributed by atoms with van der Waals surface area (Å²) in [7, 11) is 1.66. The predicted octanol–water partition coefficient (Wildman–Crippen LogP) is 0.643. The molecule has 1 heterocycles. The molecule has 0 saturated carbocycles. The Balaban J connectivity index is 2.36. The van der Waals surface area contributed by atoms with Gasteiger partial charge in [-0.25, -0.2) is 4.68 Å². The molecule has 0 aliphatic rings. The van der Waals surface area contributed by atoms with Crippen molar-refractivity contribution in [3.63, 3.8) is 0 Å². The number of nitrogens with one attached hydrogen (secondary N) is 1. The third-order valence-corrected chi connectivity index (χ3v) is 2.66. The van der Waals surface area contributed by atoms with E-state index in [1.807, 2.05) is 0 Å². The van der Waals surface area contributed by atoms with Gasteiger partial charge >= 0.3 is 0 Å². The molecule has 1 N–H and O–H groups in total. The Kier molecular flexibility index (Phi) is 7.54. The monoisotopic (exact) mass is 271 g/mol. The summed E-state index contributed by atoms with van der Waals surface area (Å²) in [6, 6.07) is 0.136. The van der Waals surface area contributed by atoms with Gasteiger partial charge in [0.1, 0.15) is 0 Å². The quantitative estimate of drug-likeness (QED) is 0.630. The molecule has 1 aromatic rings. The molecule has 0 bridgehead atoms. The van der Waals surface area contributed by atoms with Gasteiger partial charge in [0.25, 0.3) is 0 Å². The van der Waals surface area contributed by atoms with Gasteiger partial charge in [-0.05, 0) is 29.8 Å². The lowest BCUT2D eigenvalue weighted by Gasteiger charge is -2.15. The maximum absolute atomic E-state index is 5.42. The number of hydrogen-bond donors (Lipinski definition) is 1. The van der Waals surface area contributed by atoms with Gasteiger partial charge in [-0.15, -0.1) is 5.10 Å². The molecule has 19 heavy (non-hydrogen) atoms. The minimum atomic E-state index is 0.136. The summed E-state index contributed by atoms with van der Waals surface area (Å²) in [5.74, 6) is 1.44. The maximum atomic E-state index is 5.42. The molecule has 0 amide bonds. The zero-order valence-corrected chi connectivity index (χ0v) is 12.3. The van der Waals surface area contributed by atoms with Crippen molar-refractivity contribution in [2.75, 3.05) is 33.5 Å². The SMILES string of the molecule is COCCOCCn1nnnc1C(C)NCC(C)C. The van der Waals surface area contributed by atoms with Crippen LogP contribution < -0.4 is 5.32 Å². The Morgan fingerprint density at radius 1 is 1.21 bits per heavy atom. The number of rotatable bonds is 10. The van der Waals surface area contributed by atoms with Crippen LogP contribution >= 0.6 is 0 Å². The third-order valence-electron chi connectivity index (χ3n) is 2.66. The number of methoxy groups -OCH3 is 1. The molecule has 110 valence electrons. The standard InChI is InChI=1S/C12H25N5O2/c1-10(2)9-13-11(3)12-14-15-16-17(12)5-6-19-8-7-18-4/h10-11,13H,5-9H2,1-4H3. The molecule has 1 unspecified atom stereocenters. The molecule has 0 aliphatic carbocycles. The lowest BCUT2D eigenvalue weighted by atomic mass is 10.2. The van der Waals surface area contributed by atoms with E-state index >= 15 is 0 Å². The second-order valence-electron chi connectivity index (χ2n) is 4.89. The number of nitrogens with zero attached hydrogens (tertiary/aromatic N) is 4. The number of ether oxygens (including phenoxy) is 2. The van der Waals surface area contributed by atoms with Crippen molar-refractivity contribution >= 4 is 0 Å². The maximum Gasteiger partial charge on any atom is 0.168 e. The minimum Gasteiger partial charge on any atom is -0.382 e. The molecule has 0 radical (unpaired) electrons. The number of hydrogen-bond acceptors (Lipinski definition) is 6. The second kappa shape index (κ2) is 8.95. The van der Waals surface area contributed by atoms with Gasteiger partial charge in [-0.1, -0.05) is 13.8 Å². The van der Waals surface area contributed by atoms with E-state index in [1.54, 1.807) is 11.8 Å². The Morgan fingerprint density at radius 2 is 2.00 bits per heavy atom. The van der Waals surface area contributed by atoms with E-state index in [0.717, 1.165) is 12.4 Å². The summed E-state index contributed by atoms with van der Waals surface area (Å²) in [5.41, 5.74) is 0. The topological polar surface area (TPSA) is 74.1 Å². The zero-order chi connectivity index (χ0) is 14.1. The number of aromatic nitrogens is 4. The smallest absolute Gasteiger partial charge is 0.168 e. The summed E-state index contributed by atoms with van der Waals surface area (Å²) in [6.07, 6.45) is 0. The van der Waals surface area contributed by atoms with Crippen LogP contribution in [0.5, 0.6) is 0 Å². The van der Waals surface area contributed by atoms with E-state index in [2.05, 4.69) is 41.6 Å². The van der Waals surface area contributed by atoms with Crippen molar-refractivity contribution in [1.82, 2.24) is 25.5 Å². The third kappa shape index (κ3) is 6.09. The molecule has 0 fully saturated rings. The van der Waals surface area contributed by atoms with Crippen molar-refractivity contribution in [3.05, 3.63) is 5.82 Å². The second-order valence-corrected chi connectivity index (χ2v) is 4.89. The predicted molar refractivity (Wildman–Crippen MR) is 71.8 cm³/mol. The zero-order valence-electron chi connectivity index (χ0n) is 12.3. The lowest BCUT2D eigenvalue weighted by molar-refractivity contribution is 0.0647.